The van der Waals surface area contributed by atoms with E-state index in [1.54, 1.807) is 0 Å². The third kappa shape index (κ3) is 3.82. The summed E-state index contributed by atoms with van der Waals surface area (Å²) < 4.78 is 6.18. The van der Waals surface area contributed by atoms with Gasteiger partial charge in [0.05, 0.1) is 5.60 Å². The van der Waals surface area contributed by atoms with Crippen LogP contribution < -0.4 is 5.32 Å². The quantitative estimate of drug-likeness (QED) is 0.788. The predicted molar refractivity (Wildman–Crippen MR) is 90.6 cm³/mol. The molecule has 2 heteroatoms. The molecule has 2 nitrogen and oxygen atoms in total. The Labute approximate surface area is 132 Å². The first-order chi connectivity index (χ1) is 9.96. The lowest BCUT2D eigenvalue weighted by Crippen LogP contribution is -2.57. The maximum absolute atomic E-state index is 6.18. The van der Waals surface area contributed by atoms with Crippen molar-refractivity contribution < 1.29 is 4.74 Å². The lowest BCUT2D eigenvalue weighted by molar-refractivity contribution is -0.102. The smallest absolute Gasteiger partial charge is 0.0833 e. The second-order valence-corrected chi connectivity index (χ2v) is 8.40. The summed E-state index contributed by atoms with van der Waals surface area (Å²) in [6.45, 7) is 7.18. The molecule has 0 aromatic carbocycles. The topological polar surface area (TPSA) is 21.3 Å². The number of hydrogen-bond acceptors (Lipinski definition) is 2. The van der Waals surface area contributed by atoms with Gasteiger partial charge in [0.15, 0.2) is 0 Å². The Morgan fingerprint density at radius 1 is 1.14 bits per heavy atom. The van der Waals surface area contributed by atoms with Crippen molar-refractivity contribution in [1.29, 1.82) is 0 Å². The molecule has 0 aromatic rings. The molecule has 124 valence electrons. The minimum atomic E-state index is 0.0740. The molecule has 0 bridgehead atoms. The summed E-state index contributed by atoms with van der Waals surface area (Å²) in [5.74, 6) is 1.74. The lowest BCUT2D eigenvalue weighted by atomic mass is 9.64. The van der Waals surface area contributed by atoms with Crippen LogP contribution in [0.15, 0.2) is 0 Å². The number of hydrogen-bond donors (Lipinski definition) is 1. The van der Waals surface area contributed by atoms with Crippen LogP contribution in [0.4, 0.5) is 0 Å². The van der Waals surface area contributed by atoms with Crippen molar-refractivity contribution in [2.24, 2.45) is 17.3 Å². The standard InChI is InChI=1S/C19H37NO/c1-6-15-8-7-9-16(14-15)17(20-4)19(21-5)12-10-18(2,3)11-13-19/h15-17,20H,6-14H2,1-5H3. The molecule has 1 N–H and O–H groups in total. The van der Waals surface area contributed by atoms with Crippen LogP contribution in [0, 0.1) is 17.3 Å². The van der Waals surface area contributed by atoms with Gasteiger partial charge in [-0.2, -0.15) is 0 Å². The van der Waals surface area contributed by atoms with Crippen LogP contribution in [0.3, 0.4) is 0 Å². The van der Waals surface area contributed by atoms with Gasteiger partial charge >= 0.3 is 0 Å². The summed E-state index contributed by atoms with van der Waals surface area (Å²) in [5, 5.41) is 3.68. The highest BCUT2D eigenvalue weighted by atomic mass is 16.5. The highest BCUT2D eigenvalue weighted by Crippen LogP contribution is 2.47. The highest BCUT2D eigenvalue weighted by Gasteiger charge is 2.47. The molecule has 0 saturated heterocycles. The van der Waals surface area contributed by atoms with Crippen LogP contribution >= 0.6 is 0 Å². The summed E-state index contributed by atoms with van der Waals surface area (Å²) in [5.41, 5.74) is 0.573. The summed E-state index contributed by atoms with van der Waals surface area (Å²) in [7, 11) is 4.10. The van der Waals surface area contributed by atoms with Gasteiger partial charge in [0.2, 0.25) is 0 Å². The predicted octanol–water partition coefficient (Wildman–Crippen LogP) is 4.78. The van der Waals surface area contributed by atoms with Crippen LogP contribution in [0.5, 0.6) is 0 Å². The number of likely N-dealkylation sites (N-methyl/N-ethyl adjacent to an activating group) is 1. The van der Waals surface area contributed by atoms with Crippen LogP contribution in [0.2, 0.25) is 0 Å². The third-order valence-corrected chi connectivity index (χ3v) is 6.61. The fourth-order valence-electron chi connectivity index (χ4n) is 4.93. The highest BCUT2D eigenvalue weighted by molar-refractivity contribution is 5.01. The molecule has 2 fully saturated rings. The Balaban J connectivity index is 2.10. The zero-order chi connectivity index (χ0) is 15.5. The number of nitrogens with one attached hydrogen (secondary N) is 1. The van der Waals surface area contributed by atoms with E-state index in [1.165, 1.54) is 57.8 Å². The first-order valence-corrected chi connectivity index (χ1v) is 9.19. The van der Waals surface area contributed by atoms with Gasteiger partial charge in [0, 0.05) is 13.2 Å². The van der Waals surface area contributed by atoms with E-state index in [0.29, 0.717) is 11.5 Å². The SMILES string of the molecule is CCC1CCCC(C(NC)C2(OC)CCC(C)(C)CC2)C1. The molecule has 0 amide bonds. The fraction of sp³-hybridized carbons (Fsp3) is 1.00. The van der Waals surface area contributed by atoms with Gasteiger partial charge in [0.1, 0.15) is 0 Å². The van der Waals surface area contributed by atoms with Crippen LogP contribution in [-0.4, -0.2) is 25.8 Å². The summed E-state index contributed by atoms with van der Waals surface area (Å²) >= 11 is 0. The van der Waals surface area contributed by atoms with E-state index in [4.69, 9.17) is 4.74 Å². The summed E-state index contributed by atoms with van der Waals surface area (Å²) in [4.78, 5) is 0. The average molecular weight is 296 g/mol. The molecule has 2 rings (SSSR count). The zero-order valence-corrected chi connectivity index (χ0v) is 15.0. The Bertz CT molecular complexity index is 316. The van der Waals surface area contributed by atoms with Crippen molar-refractivity contribution in [2.45, 2.75) is 90.2 Å². The van der Waals surface area contributed by atoms with E-state index in [0.717, 1.165) is 11.8 Å². The second-order valence-electron chi connectivity index (χ2n) is 8.40. The molecule has 2 saturated carbocycles. The molecule has 2 aliphatic carbocycles. The normalized spacial score (nSPS) is 33.6. The van der Waals surface area contributed by atoms with Gasteiger partial charge in [-0.1, -0.05) is 40.0 Å². The maximum atomic E-state index is 6.18. The molecule has 0 radical (unpaired) electrons. The molecular formula is C19H37NO. The Kier molecular flexibility index (Phi) is 5.76. The van der Waals surface area contributed by atoms with Gasteiger partial charge < -0.3 is 10.1 Å². The Morgan fingerprint density at radius 2 is 1.81 bits per heavy atom. The van der Waals surface area contributed by atoms with E-state index in [2.05, 4.69) is 33.1 Å². The number of rotatable bonds is 5. The Morgan fingerprint density at radius 3 is 2.33 bits per heavy atom. The van der Waals surface area contributed by atoms with Crippen LogP contribution in [-0.2, 0) is 4.74 Å². The molecule has 2 aliphatic rings. The molecule has 3 atom stereocenters. The lowest BCUT2D eigenvalue weighted by Gasteiger charge is -2.50. The van der Waals surface area contributed by atoms with E-state index >= 15 is 0 Å². The van der Waals surface area contributed by atoms with Crippen molar-refractivity contribution in [3.8, 4) is 0 Å². The fourth-order valence-corrected chi connectivity index (χ4v) is 4.93. The molecule has 0 spiro atoms. The Hall–Kier alpha value is -0.0800. The third-order valence-electron chi connectivity index (χ3n) is 6.61. The minimum Gasteiger partial charge on any atom is -0.377 e. The second kappa shape index (κ2) is 7.00. The van der Waals surface area contributed by atoms with E-state index in [9.17, 15) is 0 Å². The van der Waals surface area contributed by atoms with Crippen LogP contribution in [0.1, 0.15) is 78.6 Å². The molecule has 3 unspecified atom stereocenters. The molecule has 0 aliphatic heterocycles. The summed E-state index contributed by atoms with van der Waals surface area (Å²) in [6, 6.07) is 0.535. The monoisotopic (exact) mass is 295 g/mol. The molecule has 21 heavy (non-hydrogen) atoms. The van der Waals surface area contributed by atoms with E-state index in [1.807, 2.05) is 7.11 Å². The van der Waals surface area contributed by atoms with E-state index < -0.39 is 0 Å². The molecule has 0 aromatic heterocycles. The van der Waals surface area contributed by atoms with Crippen molar-refractivity contribution >= 4 is 0 Å². The first-order valence-electron chi connectivity index (χ1n) is 9.19. The van der Waals surface area contributed by atoms with Crippen molar-refractivity contribution in [2.75, 3.05) is 14.2 Å². The van der Waals surface area contributed by atoms with E-state index in [-0.39, 0.29) is 5.60 Å². The zero-order valence-electron chi connectivity index (χ0n) is 15.0. The number of methoxy groups -OCH3 is 1. The van der Waals surface area contributed by atoms with Gasteiger partial charge in [0.25, 0.3) is 0 Å². The van der Waals surface area contributed by atoms with Crippen molar-refractivity contribution in [3.05, 3.63) is 0 Å². The maximum Gasteiger partial charge on any atom is 0.0833 e. The minimum absolute atomic E-state index is 0.0740. The van der Waals surface area contributed by atoms with Gasteiger partial charge in [-0.25, -0.2) is 0 Å². The molecule has 0 heterocycles. The van der Waals surface area contributed by atoms with Crippen LogP contribution in [0.25, 0.3) is 0 Å². The van der Waals surface area contributed by atoms with Crippen molar-refractivity contribution in [3.63, 3.8) is 0 Å². The average Bonchev–Trinajstić information content (AvgIpc) is 2.50. The van der Waals surface area contributed by atoms with Gasteiger partial charge in [-0.15, -0.1) is 0 Å². The largest absolute Gasteiger partial charge is 0.377 e. The first kappa shape index (κ1) is 17.3. The van der Waals surface area contributed by atoms with Crippen molar-refractivity contribution in [1.82, 2.24) is 5.32 Å². The van der Waals surface area contributed by atoms with Gasteiger partial charge in [-0.3, -0.25) is 0 Å². The number of ether oxygens (including phenoxy) is 1. The van der Waals surface area contributed by atoms with Gasteiger partial charge in [-0.05, 0) is 62.8 Å². The summed E-state index contributed by atoms with van der Waals surface area (Å²) in [6.07, 6.45) is 12.0. The molecular weight excluding hydrogens is 258 g/mol.